The lowest BCUT2D eigenvalue weighted by Crippen LogP contribution is -2.18. The van der Waals surface area contributed by atoms with E-state index in [1.54, 1.807) is 0 Å². The van der Waals surface area contributed by atoms with Crippen molar-refractivity contribution in [2.75, 3.05) is 6.54 Å². The van der Waals surface area contributed by atoms with Crippen molar-refractivity contribution in [1.29, 1.82) is 0 Å². The number of amides is 1. The monoisotopic (exact) mass is 140 g/mol. The van der Waals surface area contributed by atoms with Crippen LogP contribution in [0.5, 0.6) is 0 Å². The van der Waals surface area contributed by atoms with Gasteiger partial charge < -0.3 is 11.1 Å². The average molecular weight is 140 g/mol. The zero-order chi connectivity index (χ0) is 7.40. The van der Waals surface area contributed by atoms with E-state index in [0.717, 1.165) is 25.0 Å². The molecule has 3 N–H and O–H groups in total. The summed E-state index contributed by atoms with van der Waals surface area (Å²) in [7, 11) is 0. The van der Waals surface area contributed by atoms with Crippen LogP contribution in [0.1, 0.15) is 19.3 Å². The molecule has 0 saturated carbocycles. The van der Waals surface area contributed by atoms with Gasteiger partial charge >= 0.3 is 0 Å². The minimum absolute atomic E-state index is 0.241. The van der Waals surface area contributed by atoms with E-state index in [-0.39, 0.29) is 5.91 Å². The van der Waals surface area contributed by atoms with Crippen LogP contribution in [0.2, 0.25) is 0 Å². The molecule has 0 aliphatic carbocycles. The summed E-state index contributed by atoms with van der Waals surface area (Å²) < 4.78 is 0. The molecule has 0 spiro atoms. The molecule has 0 saturated heterocycles. The van der Waals surface area contributed by atoms with Gasteiger partial charge in [-0.25, -0.2) is 0 Å². The third kappa shape index (κ3) is 2.09. The standard InChI is InChI=1S/C7H12N2O/c8-7(10)4-6-2-1-3-9-5-6/h5,9H,1-4H2,(H2,8,10). The summed E-state index contributed by atoms with van der Waals surface area (Å²) in [4.78, 5) is 10.4. The fourth-order valence-electron chi connectivity index (χ4n) is 1.07. The summed E-state index contributed by atoms with van der Waals surface area (Å²) in [6, 6.07) is 0. The first-order chi connectivity index (χ1) is 4.79. The van der Waals surface area contributed by atoms with Gasteiger partial charge in [0.2, 0.25) is 5.91 Å². The fourth-order valence-corrected chi connectivity index (χ4v) is 1.07. The molecular weight excluding hydrogens is 128 g/mol. The van der Waals surface area contributed by atoms with Crippen LogP contribution in [0.4, 0.5) is 0 Å². The molecule has 0 unspecified atom stereocenters. The smallest absolute Gasteiger partial charge is 0.221 e. The van der Waals surface area contributed by atoms with Crippen molar-refractivity contribution in [1.82, 2.24) is 5.32 Å². The Morgan fingerprint density at radius 1 is 1.80 bits per heavy atom. The maximum absolute atomic E-state index is 10.4. The van der Waals surface area contributed by atoms with Crippen molar-refractivity contribution < 1.29 is 4.79 Å². The highest BCUT2D eigenvalue weighted by molar-refractivity contribution is 5.76. The van der Waals surface area contributed by atoms with E-state index in [0.29, 0.717) is 6.42 Å². The van der Waals surface area contributed by atoms with E-state index in [2.05, 4.69) is 5.32 Å². The molecule has 0 bridgehead atoms. The topological polar surface area (TPSA) is 55.1 Å². The van der Waals surface area contributed by atoms with Gasteiger partial charge in [-0.1, -0.05) is 0 Å². The quantitative estimate of drug-likeness (QED) is 0.572. The highest BCUT2D eigenvalue weighted by Gasteiger charge is 2.04. The van der Waals surface area contributed by atoms with E-state index in [1.807, 2.05) is 6.20 Å². The van der Waals surface area contributed by atoms with Crippen molar-refractivity contribution in [2.45, 2.75) is 19.3 Å². The van der Waals surface area contributed by atoms with Gasteiger partial charge in [0.1, 0.15) is 0 Å². The summed E-state index contributed by atoms with van der Waals surface area (Å²) in [6.45, 7) is 1.02. The molecule has 1 aliphatic heterocycles. The number of nitrogens with one attached hydrogen (secondary N) is 1. The van der Waals surface area contributed by atoms with Crippen molar-refractivity contribution in [3.63, 3.8) is 0 Å². The number of carbonyl (C=O) groups excluding carboxylic acids is 1. The number of hydrogen-bond donors (Lipinski definition) is 2. The Bertz CT molecular complexity index is 163. The molecule has 3 nitrogen and oxygen atoms in total. The van der Waals surface area contributed by atoms with Crippen LogP contribution in [0.3, 0.4) is 0 Å². The van der Waals surface area contributed by atoms with Gasteiger partial charge in [0.15, 0.2) is 0 Å². The van der Waals surface area contributed by atoms with Crippen LogP contribution in [0, 0.1) is 0 Å². The second-order valence-corrected chi connectivity index (χ2v) is 2.50. The van der Waals surface area contributed by atoms with Gasteiger partial charge in [0.05, 0.1) is 0 Å². The van der Waals surface area contributed by atoms with Gasteiger partial charge in [-0.15, -0.1) is 0 Å². The maximum atomic E-state index is 10.4. The largest absolute Gasteiger partial charge is 0.391 e. The second-order valence-electron chi connectivity index (χ2n) is 2.50. The third-order valence-corrected chi connectivity index (χ3v) is 1.53. The maximum Gasteiger partial charge on any atom is 0.221 e. The molecule has 0 radical (unpaired) electrons. The highest BCUT2D eigenvalue weighted by Crippen LogP contribution is 2.10. The Labute approximate surface area is 60.3 Å². The zero-order valence-corrected chi connectivity index (χ0v) is 5.89. The molecule has 56 valence electrons. The van der Waals surface area contributed by atoms with Crippen molar-refractivity contribution >= 4 is 5.91 Å². The summed E-state index contributed by atoms with van der Waals surface area (Å²) in [5.74, 6) is -0.241. The Balaban J connectivity index is 2.38. The average Bonchev–Trinajstić information content (AvgIpc) is 1.88. The normalized spacial score (nSPS) is 17.4. The molecule has 3 heteroatoms. The Morgan fingerprint density at radius 3 is 3.10 bits per heavy atom. The number of hydrogen-bond acceptors (Lipinski definition) is 2. The first kappa shape index (κ1) is 7.12. The predicted molar refractivity (Wildman–Crippen MR) is 39.1 cm³/mol. The number of rotatable bonds is 2. The molecule has 0 aromatic carbocycles. The van der Waals surface area contributed by atoms with Crippen LogP contribution in [0.15, 0.2) is 11.8 Å². The van der Waals surface area contributed by atoms with Gasteiger partial charge in [-0.05, 0) is 24.6 Å². The molecule has 0 fully saturated rings. The SMILES string of the molecule is NC(=O)CC1=CNCCC1. The minimum atomic E-state index is -0.241. The van der Waals surface area contributed by atoms with Crippen LogP contribution in [-0.4, -0.2) is 12.5 Å². The van der Waals surface area contributed by atoms with Gasteiger partial charge in [-0.3, -0.25) is 4.79 Å². The lowest BCUT2D eigenvalue weighted by atomic mass is 10.1. The molecular formula is C7H12N2O. The second kappa shape index (κ2) is 3.25. The Morgan fingerprint density at radius 2 is 2.60 bits per heavy atom. The van der Waals surface area contributed by atoms with Crippen molar-refractivity contribution in [3.8, 4) is 0 Å². The minimum Gasteiger partial charge on any atom is -0.391 e. The summed E-state index contributed by atoms with van der Waals surface area (Å²) >= 11 is 0. The van der Waals surface area contributed by atoms with E-state index in [9.17, 15) is 4.79 Å². The number of primary amides is 1. The van der Waals surface area contributed by atoms with E-state index in [4.69, 9.17) is 5.73 Å². The number of nitrogens with two attached hydrogens (primary N) is 1. The molecule has 0 atom stereocenters. The van der Waals surface area contributed by atoms with Crippen LogP contribution >= 0.6 is 0 Å². The van der Waals surface area contributed by atoms with Crippen LogP contribution in [-0.2, 0) is 4.79 Å². The summed E-state index contributed by atoms with van der Waals surface area (Å²) in [5, 5.41) is 3.07. The zero-order valence-electron chi connectivity index (χ0n) is 5.89. The van der Waals surface area contributed by atoms with Gasteiger partial charge in [-0.2, -0.15) is 0 Å². The van der Waals surface area contributed by atoms with Crippen LogP contribution in [0.25, 0.3) is 0 Å². The van der Waals surface area contributed by atoms with E-state index >= 15 is 0 Å². The molecule has 1 aliphatic rings. The first-order valence-electron chi connectivity index (χ1n) is 3.48. The van der Waals surface area contributed by atoms with Crippen molar-refractivity contribution in [3.05, 3.63) is 11.8 Å². The Hall–Kier alpha value is -0.990. The molecule has 10 heavy (non-hydrogen) atoms. The highest BCUT2D eigenvalue weighted by atomic mass is 16.1. The van der Waals surface area contributed by atoms with E-state index in [1.165, 1.54) is 0 Å². The molecule has 0 aromatic rings. The lowest BCUT2D eigenvalue weighted by molar-refractivity contribution is -0.117. The van der Waals surface area contributed by atoms with Crippen molar-refractivity contribution in [2.24, 2.45) is 5.73 Å². The Kier molecular flexibility index (Phi) is 2.31. The number of carbonyl (C=O) groups is 1. The summed E-state index contributed by atoms with van der Waals surface area (Å²) in [6.07, 6.45) is 4.43. The van der Waals surface area contributed by atoms with Gasteiger partial charge in [0, 0.05) is 13.0 Å². The van der Waals surface area contributed by atoms with E-state index < -0.39 is 0 Å². The first-order valence-corrected chi connectivity index (χ1v) is 3.48. The lowest BCUT2D eigenvalue weighted by Gasteiger charge is -2.11. The third-order valence-electron chi connectivity index (χ3n) is 1.53. The van der Waals surface area contributed by atoms with Crippen LogP contribution < -0.4 is 11.1 Å². The molecule has 0 aromatic heterocycles. The molecule has 1 heterocycles. The summed E-state index contributed by atoms with van der Waals surface area (Å²) in [5.41, 5.74) is 6.14. The molecule has 1 amide bonds. The van der Waals surface area contributed by atoms with Gasteiger partial charge in [0.25, 0.3) is 0 Å². The predicted octanol–water partition coefficient (Wildman–Crippen LogP) is 0.129. The fraction of sp³-hybridized carbons (Fsp3) is 0.571. The molecule has 1 rings (SSSR count).